The number of hydrogen-bond acceptors (Lipinski definition) is 17. The Bertz CT molecular complexity index is 2770. The Kier molecular flexibility index (Phi) is 15.0. The lowest BCUT2D eigenvalue weighted by Crippen LogP contribution is -2.25. The highest BCUT2D eigenvalue weighted by molar-refractivity contribution is 5.80. The minimum Gasteiger partial charge on any atom is -0.492 e. The van der Waals surface area contributed by atoms with Crippen LogP contribution in [0.2, 0.25) is 0 Å². The molecule has 4 fully saturated rings. The lowest BCUT2D eigenvalue weighted by molar-refractivity contribution is 0.237. The van der Waals surface area contributed by atoms with Crippen LogP contribution in [0.5, 0.6) is 17.2 Å². The van der Waals surface area contributed by atoms with E-state index in [2.05, 4.69) is 55.9 Å². The van der Waals surface area contributed by atoms with Gasteiger partial charge in [0.05, 0.1) is 17.1 Å². The van der Waals surface area contributed by atoms with Crippen molar-refractivity contribution in [3.63, 3.8) is 0 Å². The van der Waals surface area contributed by atoms with Crippen LogP contribution in [-0.4, -0.2) is 103 Å². The van der Waals surface area contributed by atoms with Gasteiger partial charge in [0.1, 0.15) is 30.5 Å². The van der Waals surface area contributed by atoms with Crippen LogP contribution >= 0.6 is 0 Å². The first kappa shape index (κ1) is 47.3. The molecule has 6 aliphatic rings. The Labute approximate surface area is 414 Å². The van der Waals surface area contributed by atoms with Crippen LogP contribution in [0.4, 0.5) is 29.2 Å². The van der Waals surface area contributed by atoms with E-state index < -0.39 is 0 Å². The van der Waals surface area contributed by atoms with E-state index in [0.717, 1.165) is 41.9 Å². The van der Waals surface area contributed by atoms with E-state index in [-0.39, 0.29) is 12.0 Å². The summed E-state index contributed by atoms with van der Waals surface area (Å²) in [5.74, 6) is 11.8. The van der Waals surface area contributed by atoms with E-state index in [1.807, 2.05) is 85.3 Å². The number of hydrazine groups is 1. The van der Waals surface area contributed by atoms with Gasteiger partial charge in [0.2, 0.25) is 17.8 Å². The monoisotopic (exact) mass is 959 g/mol. The third kappa shape index (κ3) is 11.8. The van der Waals surface area contributed by atoms with Gasteiger partial charge >= 0.3 is 6.02 Å². The lowest BCUT2D eigenvalue weighted by atomic mass is 9.98. The molecule has 7 N–H and O–H groups in total. The summed E-state index contributed by atoms with van der Waals surface area (Å²) in [5.41, 5.74) is 15.2. The first-order valence-corrected chi connectivity index (χ1v) is 25.0. The third-order valence-corrected chi connectivity index (χ3v) is 14.2. The highest BCUT2D eigenvalue weighted by Gasteiger charge is 2.39. The second kappa shape index (κ2) is 22.6. The van der Waals surface area contributed by atoms with Crippen LogP contribution in [0.1, 0.15) is 110 Å². The molecule has 6 aromatic rings. The van der Waals surface area contributed by atoms with Gasteiger partial charge in [0, 0.05) is 43.0 Å². The molecule has 2 saturated heterocycles. The van der Waals surface area contributed by atoms with Crippen molar-refractivity contribution in [1.29, 1.82) is 5.26 Å². The fourth-order valence-corrected chi connectivity index (χ4v) is 10.6. The number of ether oxygens (including phenoxy) is 3. The normalized spacial score (nSPS) is 20.5. The molecule has 2 aliphatic heterocycles. The zero-order chi connectivity index (χ0) is 48.4. The van der Waals surface area contributed by atoms with E-state index in [0.29, 0.717) is 60.2 Å². The molecule has 0 spiro atoms. The number of nitrogens with two attached hydrogens (primary N) is 2. The molecule has 12 rings (SSSR count). The van der Waals surface area contributed by atoms with Crippen molar-refractivity contribution in [2.24, 2.45) is 10.8 Å². The summed E-state index contributed by atoms with van der Waals surface area (Å²) in [6.45, 7) is 8.05. The number of nitrogen functional groups attached to an aromatic ring is 2. The predicted molar refractivity (Wildman–Crippen MR) is 271 cm³/mol. The molecular weight excluding hydrogens is 897 g/mol. The van der Waals surface area contributed by atoms with Gasteiger partial charge < -0.3 is 25.3 Å². The van der Waals surface area contributed by atoms with E-state index in [9.17, 15) is 0 Å². The lowest BCUT2D eigenvalue weighted by Gasteiger charge is -2.15. The third-order valence-electron chi connectivity index (χ3n) is 14.2. The number of para-hydroxylation sites is 1. The van der Waals surface area contributed by atoms with Crippen molar-refractivity contribution in [2.75, 3.05) is 69.0 Å². The van der Waals surface area contributed by atoms with Crippen LogP contribution in [0.3, 0.4) is 0 Å². The molecule has 0 amide bonds. The maximum Gasteiger partial charge on any atom is 0.309 e. The van der Waals surface area contributed by atoms with Gasteiger partial charge in [-0.15, -0.1) is 5.10 Å². The summed E-state index contributed by atoms with van der Waals surface area (Å²) in [7, 11) is 0. The van der Waals surface area contributed by atoms with Crippen molar-refractivity contribution < 1.29 is 14.2 Å². The summed E-state index contributed by atoms with van der Waals surface area (Å²) >= 11 is 0. The second-order valence-corrected chi connectivity index (χ2v) is 18.8. The van der Waals surface area contributed by atoms with E-state index in [1.165, 1.54) is 112 Å². The number of amidine groups is 1. The van der Waals surface area contributed by atoms with Gasteiger partial charge in [-0.3, -0.25) is 15.2 Å². The largest absolute Gasteiger partial charge is 0.492 e. The number of hydrogen-bond donors (Lipinski definition) is 5. The smallest absolute Gasteiger partial charge is 0.309 e. The predicted octanol–water partition coefficient (Wildman–Crippen LogP) is 7.65. The van der Waals surface area contributed by atoms with Crippen molar-refractivity contribution in [1.82, 2.24) is 49.8 Å². The fraction of sp³-hybridized carbons (Fsp3) is 0.423. The number of nitrogens with one attached hydrogen (secondary N) is 3. The van der Waals surface area contributed by atoms with Crippen molar-refractivity contribution in [2.45, 2.75) is 87.9 Å². The standard InChI is InChI=1S/C23H28N8O.C20H22N4O2.C9H12N4/c24-21-28-22(26-17-5-7-18(8-6-17)32-12-11-30-9-1-2-10-30)29-31(21)23-25-14-19-15-3-4-16(13-15)20(19)27-23;21-16-22-20(26-19-6-2-1-3-7-19)23-17-8-10-18(11-9-17)25-15-14-24-12-4-5-13-24;10-13-9-11-4-7-5-1-2-6(3-5)8(7)12-9/h5-8,14-16H,1-4,9-13H2,(H3,24,26,28,29);1-3,6-11H,4-5,12-15H2,(H,22,23);4-6H,1-3,10H2,(H,11,12,13). The van der Waals surface area contributed by atoms with E-state index >= 15 is 0 Å². The number of aromatic nitrogens is 7. The Hall–Kier alpha value is -7.40. The molecule has 2 saturated carbocycles. The Morgan fingerprint density at radius 2 is 1.25 bits per heavy atom. The van der Waals surface area contributed by atoms with Gasteiger partial charge in [-0.05, 0) is 174 Å². The van der Waals surface area contributed by atoms with Crippen LogP contribution in [0.25, 0.3) is 5.95 Å². The van der Waals surface area contributed by atoms with Crippen LogP contribution in [0.15, 0.2) is 96.2 Å². The van der Waals surface area contributed by atoms with Gasteiger partial charge in [-0.25, -0.2) is 31.1 Å². The average Bonchev–Trinajstić information content (AvgIpc) is 4.29. The summed E-state index contributed by atoms with van der Waals surface area (Å²) in [6.07, 6.45) is 18.4. The summed E-state index contributed by atoms with van der Waals surface area (Å²) < 4.78 is 18.7. The van der Waals surface area contributed by atoms with Gasteiger partial charge in [0.15, 0.2) is 6.19 Å². The number of fused-ring (bicyclic) bond motifs is 10. The average molecular weight is 959 g/mol. The topological polar surface area (TPSA) is 241 Å². The Morgan fingerprint density at radius 3 is 1.86 bits per heavy atom. The Balaban J connectivity index is 0.000000133. The summed E-state index contributed by atoms with van der Waals surface area (Å²) in [5, 5.41) is 19.0. The molecule has 4 aliphatic carbocycles. The van der Waals surface area contributed by atoms with Gasteiger partial charge in [0.25, 0.3) is 5.95 Å². The molecule has 0 radical (unpaired) electrons. The number of rotatable bonds is 14. The summed E-state index contributed by atoms with van der Waals surface area (Å²) in [4.78, 5) is 31.4. The molecule has 368 valence electrons. The molecule has 71 heavy (non-hydrogen) atoms. The first-order valence-electron chi connectivity index (χ1n) is 25.0. The molecule has 4 unspecified atom stereocenters. The Morgan fingerprint density at radius 1 is 0.676 bits per heavy atom. The number of nitriles is 1. The molecule has 19 nitrogen and oxygen atoms in total. The van der Waals surface area contributed by atoms with Crippen molar-refractivity contribution in [3.8, 4) is 29.4 Å². The second-order valence-electron chi connectivity index (χ2n) is 18.8. The number of benzene rings is 3. The van der Waals surface area contributed by atoms with E-state index in [1.54, 1.807) is 12.1 Å². The zero-order valence-electron chi connectivity index (χ0n) is 40.0. The first-order chi connectivity index (χ1) is 34.9. The number of aliphatic imine (C=N–C) groups is 1. The number of anilines is 4. The minimum absolute atomic E-state index is 0.126. The molecule has 4 atom stereocenters. The molecule has 5 heterocycles. The minimum atomic E-state index is 0.126. The van der Waals surface area contributed by atoms with Gasteiger partial charge in [-0.1, -0.05) is 18.2 Å². The molecule has 19 heteroatoms. The molecular formula is C52H62N16O3. The van der Waals surface area contributed by atoms with Gasteiger partial charge in [-0.2, -0.15) is 19.9 Å². The molecule has 3 aromatic carbocycles. The van der Waals surface area contributed by atoms with Crippen LogP contribution in [-0.2, 0) is 0 Å². The quantitative estimate of drug-likeness (QED) is 0.0176. The maximum atomic E-state index is 8.88. The number of nitrogens with zero attached hydrogens (tertiary/aromatic N) is 11. The zero-order valence-corrected chi connectivity index (χ0v) is 40.0. The van der Waals surface area contributed by atoms with Crippen LogP contribution < -0.4 is 41.8 Å². The van der Waals surface area contributed by atoms with Crippen LogP contribution in [0, 0.1) is 11.5 Å². The van der Waals surface area contributed by atoms with Crippen molar-refractivity contribution in [3.05, 3.63) is 114 Å². The van der Waals surface area contributed by atoms with Crippen molar-refractivity contribution >= 4 is 35.2 Å². The highest BCUT2D eigenvalue weighted by Crippen LogP contribution is 2.53. The van der Waals surface area contributed by atoms with E-state index in [4.69, 9.17) is 36.0 Å². The summed E-state index contributed by atoms with van der Waals surface area (Å²) in [6, 6.07) is 24.5. The molecule has 3 aromatic heterocycles. The molecule has 4 bridgehead atoms. The fourth-order valence-electron chi connectivity index (χ4n) is 10.6. The number of likely N-dealkylation sites (tertiary alicyclic amines) is 2. The maximum absolute atomic E-state index is 8.88. The highest BCUT2D eigenvalue weighted by atomic mass is 16.5. The SMILES string of the molecule is N#CNC(=Nc1ccc(OCCN2CCCC2)cc1)Oc1ccccc1.NNc1ncc2c(n1)C1CCC2C1.Nc1nc(Nc2ccc(OCCN3CCCC3)cc2)nn1-c1ncc2c(n1)C1CCC2C1.